The zero-order valence-corrected chi connectivity index (χ0v) is 13.6. The molecule has 1 aromatic rings. The smallest absolute Gasteiger partial charge is 0.292 e. The van der Waals surface area contributed by atoms with Gasteiger partial charge < -0.3 is 9.64 Å². The first-order valence-electron chi connectivity index (χ1n) is 6.99. The molecule has 1 unspecified atom stereocenters. The van der Waals surface area contributed by atoms with E-state index in [2.05, 4.69) is 59.9 Å². The number of ether oxygens (including phenoxy) is 1. The molecule has 2 rings (SSSR count). The Bertz CT molecular complexity index is 380. The molecule has 1 aromatic carbocycles. The average molecular weight is 280 g/mol. The number of fused-ring (bicyclic) bond motifs is 1. The second-order valence-corrected chi connectivity index (χ2v) is 4.72. The normalized spacial score (nSPS) is 16.4. The van der Waals surface area contributed by atoms with Gasteiger partial charge in [-0.25, -0.2) is 0 Å². The van der Waals surface area contributed by atoms with Gasteiger partial charge in [0.15, 0.2) is 0 Å². The van der Waals surface area contributed by atoms with E-state index in [1.165, 1.54) is 18.2 Å². The van der Waals surface area contributed by atoms with Gasteiger partial charge in [-0.15, -0.1) is 0 Å². The van der Waals surface area contributed by atoms with E-state index in [9.17, 15) is 0 Å². The van der Waals surface area contributed by atoms with Crippen LogP contribution in [0.15, 0.2) is 24.3 Å². The van der Waals surface area contributed by atoms with Gasteiger partial charge in [-0.3, -0.25) is 9.69 Å². The van der Waals surface area contributed by atoms with Crippen molar-refractivity contribution in [1.82, 2.24) is 9.80 Å². The van der Waals surface area contributed by atoms with Crippen LogP contribution in [0.5, 0.6) is 0 Å². The quantitative estimate of drug-likeness (QED) is 0.797. The number of hydrogen-bond acceptors (Lipinski definition) is 4. The molecule has 0 N–H and O–H groups in total. The standard InChI is InChI=1S/C12H18N2.C2H4O2.C2H6/c1-13(2)9-12-11-7-5-4-6-10(11)8-14(12)3;1-4-2-3;1-2/h4-7,12H,8-9H2,1-3H3;2H,1H3;1-2H3. The van der Waals surface area contributed by atoms with Crippen LogP contribution in [0, 0.1) is 0 Å². The van der Waals surface area contributed by atoms with Gasteiger partial charge >= 0.3 is 0 Å². The van der Waals surface area contributed by atoms with E-state index >= 15 is 0 Å². The summed E-state index contributed by atoms with van der Waals surface area (Å²) in [6.07, 6.45) is 0. The van der Waals surface area contributed by atoms with E-state index in [-0.39, 0.29) is 0 Å². The molecule has 114 valence electrons. The average Bonchev–Trinajstić information content (AvgIpc) is 2.77. The fourth-order valence-corrected chi connectivity index (χ4v) is 2.20. The van der Waals surface area contributed by atoms with Crippen LogP contribution in [-0.2, 0) is 16.1 Å². The lowest BCUT2D eigenvalue weighted by Gasteiger charge is -2.23. The maximum absolute atomic E-state index is 8.95. The Morgan fingerprint density at radius 3 is 2.40 bits per heavy atom. The molecule has 0 saturated heterocycles. The Morgan fingerprint density at radius 2 is 1.90 bits per heavy atom. The van der Waals surface area contributed by atoms with Crippen molar-refractivity contribution in [3.05, 3.63) is 35.4 Å². The van der Waals surface area contributed by atoms with E-state index < -0.39 is 0 Å². The van der Waals surface area contributed by atoms with Crippen LogP contribution >= 0.6 is 0 Å². The molecule has 1 aliphatic rings. The molecule has 0 saturated carbocycles. The molecule has 4 heteroatoms. The molecule has 0 spiro atoms. The summed E-state index contributed by atoms with van der Waals surface area (Å²) in [4.78, 5) is 13.6. The third kappa shape index (κ3) is 5.72. The van der Waals surface area contributed by atoms with Crippen molar-refractivity contribution in [1.29, 1.82) is 0 Å². The summed E-state index contributed by atoms with van der Waals surface area (Å²) in [5.74, 6) is 0. The Kier molecular flexibility index (Phi) is 9.68. The summed E-state index contributed by atoms with van der Waals surface area (Å²) >= 11 is 0. The van der Waals surface area contributed by atoms with Gasteiger partial charge in [-0.05, 0) is 32.3 Å². The van der Waals surface area contributed by atoms with Crippen molar-refractivity contribution in [3.8, 4) is 0 Å². The fraction of sp³-hybridized carbons (Fsp3) is 0.562. The van der Waals surface area contributed by atoms with Gasteiger partial charge in [0.25, 0.3) is 6.47 Å². The van der Waals surface area contributed by atoms with Gasteiger partial charge in [-0.1, -0.05) is 38.1 Å². The van der Waals surface area contributed by atoms with Crippen LogP contribution in [0.25, 0.3) is 0 Å². The zero-order valence-electron chi connectivity index (χ0n) is 13.6. The van der Waals surface area contributed by atoms with Crippen molar-refractivity contribution in [2.24, 2.45) is 0 Å². The van der Waals surface area contributed by atoms with Crippen molar-refractivity contribution in [2.45, 2.75) is 26.4 Å². The van der Waals surface area contributed by atoms with Crippen LogP contribution < -0.4 is 0 Å². The van der Waals surface area contributed by atoms with Crippen molar-refractivity contribution in [3.63, 3.8) is 0 Å². The highest BCUT2D eigenvalue weighted by Crippen LogP contribution is 2.31. The largest absolute Gasteiger partial charge is 0.471 e. The van der Waals surface area contributed by atoms with E-state index in [4.69, 9.17) is 4.79 Å². The zero-order chi connectivity index (χ0) is 15.5. The summed E-state index contributed by atoms with van der Waals surface area (Å²) in [6.45, 7) is 6.57. The molecular formula is C16H28N2O2. The van der Waals surface area contributed by atoms with E-state index in [0.717, 1.165) is 13.1 Å². The third-order valence-electron chi connectivity index (χ3n) is 3.00. The Hall–Kier alpha value is -1.39. The first-order valence-corrected chi connectivity index (χ1v) is 6.99. The number of rotatable bonds is 3. The fourth-order valence-electron chi connectivity index (χ4n) is 2.20. The second kappa shape index (κ2) is 10.4. The molecule has 1 heterocycles. The van der Waals surface area contributed by atoms with Gasteiger partial charge in [0.05, 0.1) is 7.11 Å². The summed E-state index contributed by atoms with van der Waals surface area (Å²) in [7, 11) is 7.78. The second-order valence-electron chi connectivity index (χ2n) is 4.72. The molecule has 0 aliphatic carbocycles. The van der Waals surface area contributed by atoms with Crippen LogP contribution in [0.2, 0.25) is 0 Å². The predicted octanol–water partition coefficient (Wildman–Crippen LogP) is 2.55. The molecule has 4 nitrogen and oxygen atoms in total. The van der Waals surface area contributed by atoms with Crippen molar-refractivity contribution in [2.75, 3.05) is 34.8 Å². The van der Waals surface area contributed by atoms with E-state index in [1.807, 2.05) is 13.8 Å². The predicted molar refractivity (Wildman–Crippen MR) is 83.6 cm³/mol. The first-order chi connectivity index (χ1) is 9.60. The number of hydrogen-bond donors (Lipinski definition) is 0. The molecule has 0 radical (unpaired) electrons. The molecule has 0 amide bonds. The van der Waals surface area contributed by atoms with Gasteiger partial charge in [0.1, 0.15) is 0 Å². The number of benzene rings is 1. The molecule has 1 atom stereocenters. The minimum absolute atomic E-state index is 0.375. The minimum atomic E-state index is 0.375. The van der Waals surface area contributed by atoms with Crippen molar-refractivity contribution < 1.29 is 9.53 Å². The highest BCUT2D eigenvalue weighted by molar-refractivity contribution is 5.36. The Morgan fingerprint density at radius 1 is 1.35 bits per heavy atom. The van der Waals surface area contributed by atoms with Gasteiger partial charge in [-0.2, -0.15) is 0 Å². The monoisotopic (exact) mass is 280 g/mol. The molecule has 0 aromatic heterocycles. The van der Waals surface area contributed by atoms with E-state index in [1.54, 1.807) is 0 Å². The SMILES string of the molecule is CC.CN(C)CC1c2ccccc2CN1C.COC=O. The lowest BCUT2D eigenvalue weighted by molar-refractivity contribution is -0.126. The molecule has 1 aliphatic heterocycles. The van der Waals surface area contributed by atoms with Gasteiger partial charge in [0, 0.05) is 19.1 Å². The lowest BCUT2D eigenvalue weighted by Crippen LogP contribution is -2.27. The lowest BCUT2D eigenvalue weighted by atomic mass is 10.1. The van der Waals surface area contributed by atoms with Crippen LogP contribution in [0.4, 0.5) is 0 Å². The first kappa shape index (κ1) is 18.6. The summed E-state index contributed by atoms with van der Waals surface area (Å²) in [5.41, 5.74) is 2.99. The van der Waals surface area contributed by atoms with Crippen LogP contribution in [-0.4, -0.2) is 51.1 Å². The summed E-state index contributed by atoms with van der Waals surface area (Å²) in [5, 5.41) is 0. The molecule has 0 fully saturated rings. The number of carbonyl (C=O) groups excluding carboxylic acids is 1. The summed E-state index contributed by atoms with van der Waals surface area (Å²) in [6, 6.07) is 9.33. The van der Waals surface area contributed by atoms with Crippen LogP contribution in [0.3, 0.4) is 0 Å². The molecular weight excluding hydrogens is 252 g/mol. The maximum atomic E-state index is 8.95. The molecule has 20 heavy (non-hydrogen) atoms. The Balaban J connectivity index is 0.000000521. The highest BCUT2D eigenvalue weighted by Gasteiger charge is 2.26. The molecule has 0 bridgehead atoms. The van der Waals surface area contributed by atoms with Gasteiger partial charge in [0.2, 0.25) is 0 Å². The highest BCUT2D eigenvalue weighted by atomic mass is 16.5. The van der Waals surface area contributed by atoms with Crippen molar-refractivity contribution >= 4 is 6.47 Å². The number of methoxy groups -OCH3 is 1. The number of nitrogens with zero attached hydrogens (tertiary/aromatic N) is 2. The summed E-state index contributed by atoms with van der Waals surface area (Å²) < 4.78 is 3.86. The van der Waals surface area contributed by atoms with Crippen LogP contribution in [0.1, 0.15) is 31.0 Å². The minimum Gasteiger partial charge on any atom is -0.471 e. The topological polar surface area (TPSA) is 32.8 Å². The van der Waals surface area contributed by atoms with E-state index in [0.29, 0.717) is 12.5 Å². The maximum Gasteiger partial charge on any atom is 0.292 e. The third-order valence-corrected chi connectivity index (χ3v) is 3.00. The number of likely N-dealkylation sites (N-methyl/N-ethyl adjacent to an activating group) is 2. The number of carbonyl (C=O) groups is 1. The Labute approximate surface area is 123 Å².